The molecule has 1 N–H and O–H groups in total. The molecule has 0 amide bonds. The lowest BCUT2D eigenvalue weighted by atomic mass is 9.99. The van der Waals surface area contributed by atoms with Crippen molar-refractivity contribution in [1.82, 2.24) is 5.32 Å². The Morgan fingerprint density at radius 2 is 1.79 bits per heavy atom. The lowest BCUT2D eigenvalue weighted by Crippen LogP contribution is -2.18. The van der Waals surface area contributed by atoms with Crippen molar-refractivity contribution in [3.63, 3.8) is 0 Å². The summed E-state index contributed by atoms with van der Waals surface area (Å²) >= 11 is 11.6. The summed E-state index contributed by atoms with van der Waals surface area (Å²) in [6, 6.07) is 12.6. The molecule has 0 aliphatic rings. The van der Waals surface area contributed by atoms with Crippen molar-refractivity contribution < 1.29 is 4.39 Å². The second-order valence-electron chi connectivity index (χ2n) is 4.35. The zero-order valence-corrected chi connectivity index (χ0v) is 12.0. The molecule has 0 radical (unpaired) electrons. The number of likely N-dealkylation sites (N-methyl/N-ethyl adjacent to an activating group) is 1. The molecule has 1 unspecified atom stereocenters. The molecule has 0 saturated heterocycles. The fourth-order valence-corrected chi connectivity index (χ4v) is 2.23. The molecule has 19 heavy (non-hydrogen) atoms. The Morgan fingerprint density at radius 3 is 2.37 bits per heavy atom. The molecule has 2 aromatic rings. The average molecular weight is 298 g/mol. The lowest BCUT2D eigenvalue weighted by Gasteiger charge is -2.17. The van der Waals surface area contributed by atoms with E-state index >= 15 is 0 Å². The summed E-state index contributed by atoms with van der Waals surface area (Å²) in [5, 5.41) is 4.08. The molecule has 0 spiro atoms. The van der Waals surface area contributed by atoms with Crippen LogP contribution in [0, 0.1) is 5.82 Å². The molecule has 4 heteroatoms. The minimum atomic E-state index is -0.384. The van der Waals surface area contributed by atoms with Crippen LogP contribution in [-0.4, -0.2) is 7.05 Å². The van der Waals surface area contributed by atoms with E-state index in [0.717, 1.165) is 11.1 Å². The number of rotatable bonds is 4. The topological polar surface area (TPSA) is 12.0 Å². The first-order valence-corrected chi connectivity index (χ1v) is 6.72. The fourth-order valence-electron chi connectivity index (χ4n) is 1.98. The molecule has 0 fully saturated rings. The molecule has 2 rings (SSSR count). The summed E-state index contributed by atoms with van der Waals surface area (Å²) in [5.74, 6) is -0.384. The normalized spacial score (nSPS) is 12.4. The molecule has 0 bridgehead atoms. The van der Waals surface area contributed by atoms with Gasteiger partial charge in [-0.15, -0.1) is 0 Å². The first-order chi connectivity index (χ1) is 9.10. The molecular formula is C15H14Cl2FN. The Hall–Kier alpha value is -1.09. The summed E-state index contributed by atoms with van der Waals surface area (Å²) in [4.78, 5) is 0. The average Bonchev–Trinajstić information content (AvgIpc) is 2.41. The van der Waals surface area contributed by atoms with Gasteiger partial charge >= 0.3 is 0 Å². The Bertz CT molecular complexity index is 555. The van der Waals surface area contributed by atoms with Gasteiger partial charge in [0, 0.05) is 11.1 Å². The van der Waals surface area contributed by atoms with Crippen molar-refractivity contribution >= 4 is 23.2 Å². The van der Waals surface area contributed by atoms with Crippen LogP contribution < -0.4 is 5.32 Å². The van der Waals surface area contributed by atoms with E-state index < -0.39 is 0 Å². The van der Waals surface area contributed by atoms with Crippen LogP contribution in [0.15, 0.2) is 42.5 Å². The van der Waals surface area contributed by atoms with Gasteiger partial charge in [0.25, 0.3) is 0 Å². The third kappa shape index (κ3) is 3.69. The fraction of sp³-hybridized carbons (Fsp3) is 0.200. The maximum Gasteiger partial charge on any atom is 0.142 e. The van der Waals surface area contributed by atoms with E-state index in [1.807, 2.05) is 37.4 Å². The number of halogens is 3. The quantitative estimate of drug-likeness (QED) is 0.867. The van der Waals surface area contributed by atoms with E-state index in [2.05, 4.69) is 5.32 Å². The Labute approximate surface area is 122 Å². The molecule has 0 aliphatic carbocycles. The Balaban J connectivity index is 2.18. The smallest absolute Gasteiger partial charge is 0.142 e. The molecule has 1 atom stereocenters. The molecule has 2 aromatic carbocycles. The van der Waals surface area contributed by atoms with Gasteiger partial charge in [0.1, 0.15) is 5.82 Å². The van der Waals surface area contributed by atoms with Gasteiger partial charge in [-0.2, -0.15) is 0 Å². The van der Waals surface area contributed by atoms with Crippen molar-refractivity contribution in [3.8, 4) is 0 Å². The van der Waals surface area contributed by atoms with E-state index in [1.165, 1.54) is 6.07 Å². The Kier molecular flexibility index (Phi) is 4.81. The van der Waals surface area contributed by atoms with Crippen LogP contribution in [0.3, 0.4) is 0 Å². The lowest BCUT2D eigenvalue weighted by molar-refractivity contribution is 0.584. The van der Waals surface area contributed by atoms with Gasteiger partial charge in [0.2, 0.25) is 0 Å². The van der Waals surface area contributed by atoms with Gasteiger partial charge in [-0.3, -0.25) is 0 Å². The van der Waals surface area contributed by atoms with Crippen molar-refractivity contribution in [3.05, 3.63) is 69.5 Å². The van der Waals surface area contributed by atoms with Crippen LogP contribution >= 0.6 is 23.2 Å². The van der Waals surface area contributed by atoms with Crippen molar-refractivity contribution in [2.75, 3.05) is 7.05 Å². The molecular weight excluding hydrogens is 284 g/mol. The van der Waals surface area contributed by atoms with E-state index in [4.69, 9.17) is 23.2 Å². The third-order valence-corrected chi connectivity index (χ3v) is 3.60. The largest absolute Gasteiger partial charge is 0.313 e. The summed E-state index contributed by atoms with van der Waals surface area (Å²) in [7, 11) is 1.88. The van der Waals surface area contributed by atoms with Crippen LogP contribution in [0.5, 0.6) is 0 Å². The van der Waals surface area contributed by atoms with Gasteiger partial charge in [-0.05, 0) is 48.9 Å². The second-order valence-corrected chi connectivity index (χ2v) is 5.19. The van der Waals surface area contributed by atoms with Crippen molar-refractivity contribution in [1.29, 1.82) is 0 Å². The molecule has 0 heterocycles. The van der Waals surface area contributed by atoms with Crippen LogP contribution in [0.2, 0.25) is 10.0 Å². The monoisotopic (exact) mass is 297 g/mol. The highest BCUT2D eigenvalue weighted by atomic mass is 35.5. The predicted octanol–water partition coefficient (Wildman–Crippen LogP) is 4.64. The number of benzene rings is 2. The summed E-state index contributed by atoms with van der Waals surface area (Å²) < 4.78 is 13.4. The van der Waals surface area contributed by atoms with Gasteiger partial charge in [0.05, 0.1) is 5.02 Å². The zero-order chi connectivity index (χ0) is 13.8. The van der Waals surface area contributed by atoms with Crippen LogP contribution in [-0.2, 0) is 6.42 Å². The van der Waals surface area contributed by atoms with Gasteiger partial charge in [0.15, 0.2) is 0 Å². The van der Waals surface area contributed by atoms with Gasteiger partial charge < -0.3 is 5.32 Å². The first-order valence-electron chi connectivity index (χ1n) is 5.97. The first kappa shape index (κ1) is 14.3. The van der Waals surface area contributed by atoms with Crippen LogP contribution in [0.25, 0.3) is 0 Å². The number of nitrogens with one attached hydrogen (secondary N) is 1. The molecule has 0 aliphatic heterocycles. The third-order valence-electron chi connectivity index (χ3n) is 3.04. The number of hydrogen-bond acceptors (Lipinski definition) is 1. The van der Waals surface area contributed by atoms with Gasteiger partial charge in [-0.1, -0.05) is 41.4 Å². The summed E-state index contributed by atoms with van der Waals surface area (Å²) in [5.41, 5.74) is 2.01. The zero-order valence-electron chi connectivity index (χ0n) is 10.5. The van der Waals surface area contributed by atoms with E-state index in [0.29, 0.717) is 11.4 Å². The van der Waals surface area contributed by atoms with E-state index in [9.17, 15) is 4.39 Å². The maximum atomic E-state index is 13.4. The highest BCUT2D eigenvalue weighted by molar-refractivity contribution is 6.30. The van der Waals surface area contributed by atoms with E-state index in [-0.39, 0.29) is 16.9 Å². The van der Waals surface area contributed by atoms with Crippen LogP contribution in [0.4, 0.5) is 4.39 Å². The SMILES string of the molecule is CNC(Cc1ccc(Cl)c(F)c1)c1ccc(Cl)cc1. The molecule has 1 nitrogen and oxygen atoms in total. The maximum absolute atomic E-state index is 13.4. The second kappa shape index (κ2) is 6.38. The van der Waals surface area contributed by atoms with Gasteiger partial charge in [-0.25, -0.2) is 4.39 Å². The standard InChI is InChI=1S/C15H14Cl2FN/c1-19-15(11-3-5-12(16)6-4-11)9-10-2-7-13(17)14(18)8-10/h2-8,15,19H,9H2,1H3. The molecule has 0 aromatic heterocycles. The molecule has 100 valence electrons. The summed E-state index contributed by atoms with van der Waals surface area (Å²) in [6.07, 6.45) is 0.687. The van der Waals surface area contributed by atoms with E-state index in [1.54, 1.807) is 6.07 Å². The number of hydrogen-bond donors (Lipinski definition) is 1. The van der Waals surface area contributed by atoms with Crippen LogP contribution in [0.1, 0.15) is 17.2 Å². The van der Waals surface area contributed by atoms with Crippen molar-refractivity contribution in [2.45, 2.75) is 12.5 Å². The van der Waals surface area contributed by atoms with Crippen molar-refractivity contribution in [2.24, 2.45) is 0 Å². The molecule has 0 saturated carbocycles. The highest BCUT2D eigenvalue weighted by Gasteiger charge is 2.11. The minimum Gasteiger partial charge on any atom is -0.313 e. The summed E-state index contributed by atoms with van der Waals surface area (Å²) in [6.45, 7) is 0. The minimum absolute atomic E-state index is 0.109. The Morgan fingerprint density at radius 1 is 1.11 bits per heavy atom. The predicted molar refractivity (Wildman–Crippen MR) is 78.4 cm³/mol. The highest BCUT2D eigenvalue weighted by Crippen LogP contribution is 2.22.